The van der Waals surface area contributed by atoms with Crippen LogP contribution in [0.15, 0.2) is 0 Å². The van der Waals surface area contributed by atoms with Crippen LogP contribution in [-0.2, 0) is 0 Å². The van der Waals surface area contributed by atoms with Crippen molar-refractivity contribution >= 4 is 20.5 Å². The molecule has 0 unspecified atom stereocenters. The fourth-order valence-electron chi connectivity index (χ4n) is 0.478. The Morgan fingerprint density at radius 1 is 1.43 bits per heavy atom. The van der Waals surface area contributed by atoms with Gasteiger partial charge in [-0.25, -0.2) is 0 Å². The maximum absolute atomic E-state index is 2.88. The maximum atomic E-state index is 2.88. The van der Waals surface area contributed by atoms with Gasteiger partial charge in [-0.05, 0) is 0 Å². The van der Waals surface area contributed by atoms with Gasteiger partial charge in [0.1, 0.15) is 0 Å². The average molecular weight is 163 g/mol. The van der Waals surface area contributed by atoms with Crippen LogP contribution >= 0.6 is 0 Å². The van der Waals surface area contributed by atoms with Crippen molar-refractivity contribution in [1.82, 2.24) is 0 Å². The molecule has 0 aliphatic rings. The summed E-state index contributed by atoms with van der Waals surface area (Å²) in [5, 5.41) is 0. The SMILES string of the molecule is CCCCCC=[Se]. The van der Waals surface area contributed by atoms with Gasteiger partial charge < -0.3 is 0 Å². The van der Waals surface area contributed by atoms with E-state index in [0.29, 0.717) is 0 Å². The number of hydrogen-bond donors (Lipinski definition) is 0. The van der Waals surface area contributed by atoms with E-state index in [1.807, 2.05) is 0 Å². The van der Waals surface area contributed by atoms with E-state index in [1.165, 1.54) is 25.7 Å². The zero-order valence-electron chi connectivity index (χ0n) is 4.81. The van der Waals surface area contributed by atoms with E-state index in [9.17, 15) is 0 Å². The first-order valence-corrected chi connectivity index (χ1v) is 3.84. The standard InChI is InChI=1S/C6H12Se/c1-2-3-4-5-6-7/h6H,2-5H2,1H3. The third-order valence-electron chi connectivity index (χ3n) is 0.926. The van der Waals surface area contributed by atoms with E-state index in [-0.39, 0.29) is 0 Å². The molecule has 0 saturated heterocycles. The summed E-state index contributed by atoms with van der Waals surface area (Å²) in [6.07, 6.45) is 5.30. The van der Waals surface area contributed by atoms with Gasteiger partial charge in [-0.2, -0.15) is 0 Å². The van der Waals surface area contributed by atoms with E-state index in [4.69, 9.17) is 0 Å². The molecule has 0 radical (unpaired) electrons. The summed E-state index contributed by atoms with van der Waals surface area (Å²) in [5.41, 5.74) is 0. The van der Waals surface area contributed by atoms with Crippen LogP contribution in [0.3, 0.4) is 0 Å². The van der Waals surface area contributed by atoms with Gasteiger partial charge in [-0.1, -0.05) is 0 Å². The molecular formula is C6H12Se. The van der Waals surface area contributed by atoms with Crippen molar-refractivity contribution in [2.75, 3.05) is 0 Å². The average Bonchev–Trinajstić information content (AvgIpc) is 1.69. The van der Waals surface area contributed by atoms with Crippen molar-refractivity contribution < 1.29 is 0 Å². The van der Waals surface area contributed by atoms with Crippen LogP contribution < -0.4 is 0 Å². The van der Waals surface area contributed by atoms with Gasteiger partial charge in [-0.15, -0.1) is 0 Å². The molecule has 7 heavy (non-hydrogen) atoms. The molecule has 1 heteroatoms. The summed E-state index contributed by atoms with van der Waals surface area (Å²) in [7, 11) is 0. The molecule has 0 aliphatic heterocycles. The minimum atomic E-state index is 1.24. The molecule has 0 rings (SSSR count). The number of unbranched alkanes of at least 4 members (excludes halogenated alkanes) is 3. The topological polar surface area (TPSA) is 0 Å². The zero-order chi connectivity index (χ0) is 5.54. The summed E-state index contributed by atoms with van der Waals surface area (Å²) in [5.74, 6) is 0. The predicted octanol–water partition coefficient (Wildman–Crippen LogP) is 1.54. The third-order valence-corrected chi connectivity index (χ3v) is 1.42. The molecule has 0 heterocycles. The normalized spacial score (nSPS) is 8.71. The first kappa shape index (κ1) is 7.39. The Hall–Kier alpha value is 0.389. The molecule has 0 amide bonds. The van der Waals surface area contributed by atoms with Crippen LogP contribution in [0.2, 0.25) is 0 Å². The molecular weight excluding hydrogens is 151 g/mol. The first-order chi connectivity index (χ1) is 3.41. The Labute approximate surface area is 53.7 Å². The van der Waals surface area contributed by atoms with Crippen LogP contribution in [0.1, 0.15) is 32.6 Å². The van der Waals surface area contributed by atoms with Crippen molar-refractivity contribution in [2.45, 2.75) is 32.6 Å². The molecule has 0 nitrogen and oxygen atoms in total. The Kier molecular flexibility index (Phi) is 6.74. The van der Waals surface area contributed by atoms with Crippen LogP contribution in [0, 0.1) is 0 Å². The molecule has 0 aromatic carbocycles. The molecule has 0 saturated carbocycles. The van der Waals surface area contributed by atoms with Crippen molar-refractivity contribution in [3.63, 3.8) is 0 Å². The summed E-state index contributed by atoms with van der Waals surface area (Å²) >= 11 is 2.88. The van der Waals surface area contributed by atoms with Crippen molar-refractivity contribution in [3.05, 3.63) is 0 Å². The van der Waals surface area contributed by atoms with Crippen molar-refractivity contribution in [3.8, 4) is 0 Å². The Balaban J connectivity index is 2.56. The second-order valence-electron chi connectivity index (χ2n) is 1.66. The Bertz CT molecular complexity index is 41.4. The molecule has 0 bridgehead atoms. The van der Waals surface area contributed by atoms with Gasteiger partial charge >= 0.3 is 53.1 Å². The molecule has 42 valence electrons. The third kappa shape index (κ3) is 6.39. The number of hydrogen-bond acceptors (Lipinski definition) is 0. The first-order valence-electron chi connectivity index (χ1n) is 2.85. The van der Waals surface area contributed by atoms with Gasteiger partial charge in [0.15, 0.2) is 0 Å². The quantitative estimate of drug-likeness (QED) is 0.435. The fourth-order valence-corrected chi connectivity index (χ4v) is 0.827. The van der Waals surface area contributed by atoms with Gasteiger partial charge in [0.2, 0.25) is 0 Å². The molecule has 0 fully saturated rings. The zero-order valence-corrected chi connectivity index (χ0v) is 6.53. The van der Waals surface area contributed by atoms with Crippen LogP contribution in [-0.4, -0.2) is 20.5 Å². The summed E-state index contributed by atoms with van der Waals surface area (Å²) in [6.45, 7) is 2.22. The molecule has 0 aliphatic carbocycles. The van der Waals surface area contributed by atoms with Gasteiger partial charge in [0, 0.05) is 0 Å². The monoisotopic (exact) mass is 164 g/mol. The molecule has 0 aromatic heterocycles. The summed E-state index contributed by atoms with van der Waals surface area (Å²) in [6, 6.07) is 0. The molecule has 0 spiro atoms. The van der Waals surface area contributed by atoms with Crippen LogP contribution in [0.25, 0.3) is 0 Å². The van der Waals surface area contributed by atoms with E-state index in [2.05, 4.69) is 27.4 Å². The minimum absolute atomic E-state index is 1.24. The van der Waals surface area contributed by atoms with Crippen molar-refractivity contribution in [1.29, 1.82) is 0 Å². The van der Waals surface area contributed by atoms with E-state index < -0.39 is 0 Å². The second-order valence-corrected chi connectivity index (χ2v) is 2.36. The Morgan fingerprint density at radius 3 is 2.57 bits per heavy atom. The Morgan fingerprint density at radius 2 is 2.14 bits per heavy atom. The molecule has 0 N–H and O–H groups in total. The predicted molar refractivity (Wildman–Crippen MR) is 36.0 cm³/mol. The molecule has 0 atom stereocenters. The van der Waals surface area contributed by atoms with E-state index in [1.54, 1.807) is 0 Å². The van der Waals surface area contributed by atoms with Crippen molar-refractivity contribution in [2.24, 2.45) is 0 Å². The summed E-state index contributed by atoms with van der Waals surface area (Å²) < 4.78 is 0. The fraction of sp³-hybridized carbons (Fsp3) is 0.833. The van der Waals surface area contributed by atoms with Gasteiger partial charge in [-0.3, -0.25) is 0 Å². The number of rotatable bonds is 4. The second kappa shape index (κ2) is 6.39. The van der Waals surface area contributed by atoms with E-state index >= 15 is 0 Å². The van der Waals surface area contributed by atoms with E-state index in [0.717, 1.165) is 0 Å². The summed E-state index contributed by atoms with van der Waals surface area (Å²) in [4.78, 5) is 2.11. The van der Waals surface area contributed by atoms with Gasteiger partial charge in [0.05, 0.1) is 0 Å². The van der Waals surface area contributed by atoms with Crippen LogP contribution in [0.5, 0.6) is 0 Å². The molecule has 0 aromatic rings. The van der Waals surface area contributed by atoms with Crippen LogP contribution in [0.4, 0.5) is 0 Å². The van der Waals surface area contributed by atoms with Gasteiger partial charge in [0.25, 0.3) is 0 Å².